The van der Waals surface area contributed by atoms with Crippen LogP contribution in [0.25, 0.3) is 11.3 Å². The number of nitrogens with zero attached hydrogens (tertiary/aromatic N) is 3. The standard InChI is InChI=1S/C22H18N4O2S2/c1-14(27)23-16-8-6-15(7-9-16)18-13-30-22(24-18)26-19(20-4-2-10-28-20)12-17(25-26)21-5-3-11-29-21/h2-11,13,19H,12H2,1H3,(H,23,27)/t19-/m0/s1. The van der Waals surface area contributed by atoms with Crippen molar-refractivity contribution in [1.82, 2.24) is 4.98 Å². The van der Waals surface area contributed by atoms with E-state index in [9.17, 15) is 4.79 Å². The van der Waals surface area contributed by atoms with E-state index in [1.165, 1.54) is 11.8 Å². The first-order valence-corrected chi connectivity index (χ1v) is 11.2. The van der Waals surface area contributed by atoms with Crippen molar-refractivity contribution in [3.8, 4) is 11.3 Å². The highest BCUT2D eigenvalue weighted by Gasteiger charge is 2.33. The number of thiophene rings is 1. The van der Waals surface area contributed by atoms with Gasteiger partial charge in [-0.1, -0.05) is 18.2 Å². The lowest BCUT2D eigenvalue weighted by molar-refractivity contribution is -0.114. The molecule has 30 heavy (non-hydrogen) atoms. The number of benzene rings is 1. The fourth-order valence-corrected chi connectivity index (χ4v) is 4.96. The van der Waals surface area contributed by atoms with Gasteiger partial charge in [0.2, 0.25) is 11.0 Å². The molecule has 1 N–H and O–H groups in total. The number of hydrogen-bond donors (Lipinski definition) is 1. The second-order valence-electron chi connectivity index (χ2n) is 6.88. The van der Waals surface area contributed by atoms with Crippen LogP contribution in [-0.2, 0) is 4.79 Å². The van der Waals surface area contributed by atoms with Crippen molar-refractivity contribution in [3.63, 3.8) is 0 Å². The molecule has 0 fully saturated rings. The van der Waals surface area contributed by atoms with E-state index in [0.29, 0.717) is 0 Å². The van der Waals surface area contributed by atoms with E-state index < -0.39 is 0 Å². The van der Waals surface area contributed by atoms with E-state index in [2.05, 4.69) is 16.8 Å². The molecule has 3 aromatic heterocycles. The van der Waals surface area contributed by atoms with Crippen molar-refractivity contribution in [3.05, 3.63) is 76.2 Å². The Hall–Kier alpha value is -3.23. The summed E-state index contributed by atoms with van der Waals surface area (Å²) < 4.78 is 5.70. The van der Waals surface area contributed by atoms with Gasteiger partial charge in [0.05, 0.1) is 22.5 Å². The van der Waals surface area contributed by atoms with E-state index in [1.807, 2.05) is 52.9 Å². The van der Waals surface area contributed by atoms with Crippen molar-refractivity contribution < 1.29 is 9.21 Å². The quantitative estimate of drug-likeness (QED) is 0.432. The smallest absolute Gasteiger partial charge is 0.221 e. The maximum Gasteiger partial charge on any atom is 0.221 e. The van der Waals surface area contributed by atoms with Crippen LogP contribution in [0.3, 0.4) is 0 Å². The minimum Gasteiger partial charge on any atom is -0.467 e. The van der Waals surface area contributed by atoms with E-state index in [4.69, 9.17) is 14.5 Å². The summed E-state index contributed by atoms with van der Waals surface area (Å²) in [6.07, 6.45) is 2.47. The summed E-state index contributed by atoms with van der Waals surface area (Å²) in [5.74, 6) is 0.790. The third-order valence-corrected chi connectivity index (χ3v) is 6.53. The summed E-state index contributed by atoms with van der Waals surface area (Å²) in [5.41, 5.74) is 3.68. The van der Waals surface area contributed by atoms with Gasteiger partial charge in [0.25, 0.3) is 0 Å². The van der Waals surface area contributed by atoms with Gasteiger partial charge in [0, 0.05) is 30.0 Å². The van der Waals surface area contributed by atoms with Crippen LogP contribution >= 0.6 is 22.7 Å². The van der Waals surface area contributed by atoms with Gasteiger partial charge in [-0.2, -0.15) is 5.10 Å². The Morgan fingerprint density at radius 2 is 2.03 bits per heavy atom. The maximum atomic E-state index is 11.2. The lowest BCUT2D eigenvalue weighted by Gasteiger charge is -2.18. The lowest BCUT2D eigenvalue weighted by Crippen LogP contribution is -2.17. The Labute approximate surface area is 181 Å². The first-order valence-electron chi connectivity index (χ1n) is 9.45. The van der Waals surface area contributed by atoms with Crippen LogP contribution in [0.2, 0.25) is 0 Å². The van der Waals surface area contributed by atoms with Crippen LogP contribution in [0.4, 0.5) is 10.8 Å². The number of furan rings is 1. The first-order chi connectivity index (χ1) is 14.7. The molecule has 4 heterocycles. The number of amides is 1. The molecule has 0 radical (unpaired) electrons. The predicted octanol–water partition coefficient (Wildman–Crippen LogP) is 5.78. The number of rotatable bonds is 5. The third kappa shape index (κ3) is 3.67. The number of hydrazone groups is 1. The van der Waals surface area contributed by atoms with Gasteiger partial charge < -0.3 is 9.73 Å². The lowest BCUT2D eigenvalue weighted by atomic mass is 10.1. The predicted molar refractivity (Wildman–Crippen MR) is 121 cm³/mol. The van der Waals surface area contributed by atoms with Gasteiger partial charge in [-0.15, -0.1) is 22.7 Å². The third-order valence-electron chi connectivity index (χ3n) is 4.78. The Balaban J connectivity index is 1.45. The zero-order valence-corrected chi connectivity index (χ0v) is 17.7. The number of thiazole rings is 1. The molecular weight excluding hydrogens is 416 g/mol. The first kappa shape index (κ1) is 18.8. The van der Waals surface area contributed by atoms with Crippen molar-refractivity contribution >= 4 is 45.1 Å². The minimum atomic E-state index is -0.0869. The van der Waals surface area contributed by atoms with Crippen LogP contribution in [0.5, 0.6) is 0 Å². The maximum absolute atomic E-state index is 11.2. The average Bonchev–Trinajstić information content (AvgIpc) is 3.55. The van der Waals surface area contributed by atoms with Crippen LogP contribution in [0, 0.1) is 0 Å². The van der Waals surface area contributed by atoms with Gasteiger partial charge in [-0.25, -0.2) is 9.99 Å². The Morgan fingerprint density at radius 1 is 1.17 bits per heavy atom. The highest BCUT2D eigenvalue weighted by Crippen LogP contribution is 2.40. The molecule has 0 bridgehead atoms. The molecule has 5 rings (SSSR count). The number of carbonyl (C=O) groups is 1. The van der Waals surface area contributed by atoms with Crippen LogP contribution in [0.1, 0.15) is 30.0 Å². The summed E-state index contributed by atoms with van der Waals surface area (Å²) in [5, 5.41) is 14.6. The van der Waals surface area contributed by atoms with Crippen LogP contribution in [-0.4, -0.2) is 16.6 Å². The largest absolute Gasteiger partial charge is 0.467 e. The average molecular weight is 435 g/mol. The number of carbonyl (C=O) groups excluding carboxylic acids is 1. The Kier molecular flexibility index (Phi) is 4.94. The summed E-state index contributed by atoms with van der Waals surface area (Å²) in [7, 11) is 0. The molecule has 1 aromatic carbocycles. The topological polar surface area (TPSA) is 70.7 Å². The molecule has 0 saturated heterocycles. The molecule has 1 aliphatic rings. The fraction of sp³-hybridized carbons (Fsp3) is 0.136. The van der Waals surface area contributed by atoms with Gasteiger partial charge in [0.1, 0.15) is 11.8 Å². The van der Waals surface area contributed by atoms with Gasteiger partial charge in [0.15, 0.2) is 0 Å². The number of hydrogen-bond acceptors (Lipinski definition) is 7. The molecule has 0 aliphatic carbocycles. The molecule has 0 unspecified atom stereocenters. The van der Waals surface area contributed by atoms with Crippen molar-refractivity contribution in [2.24, 2.45) is 5.10 Å². The zero-order valence-electron chi connectivity index (χ0n) is 16.1. The molecule has 0 saturated carbocycles. The second-order valence-corrected chi connectivity index (χ2v) is 8.66. The van der Waals surface area contributed by atoms with Crippen molar-refractivity contribution in [2.75, 3.05) is 10.3 Å². The molecule has 0 spiro atoms. The van der Waals surface area contributed by atoms with Gasteiger partial charge >= 0.3 is 0 Å². The van der Waals surface area contributed by atoms with Crippen molar-refractivity contribution in [1.29, 1.82) is 0 Å². The van der Waals surface area contributed by atoms with Crippen LogP contribution < -0.4 is 10.3 Å². The highest BCUT2D eigenvalue weighted by molar-refractivity contribution is 7.14. The molecular formula is C22H18N4O2S2. The summed E-state index contributed by atoms with van der Waals surface area (Å²) in [6, 6.07) is 15.7. The van der Waals surface area contributed by atoms with Crippen molar-refractivity contribution in [2.45, 2.75) is 19.4 Å². The van der Waals surface area contributed by atoms with E-state index >= 15 is 0 Å². The molecule has 8 heteroatoms. The number of aromatic nitrogens is 1. The molecule has 6 nitrogen and oxygen atoms in total. The fourth-order valence-electron chi connectivity index (χ4n) is 3.41. The summed E-state index contributed by atoms with van der Waals surface area (Å²) >= 11 is 3.25. The normalized spacial score (nSPS) is 16.0. The highest BCUT2D eigenvalue weighted by atomic mass is 32.1. The zero-order chi connectivity index (χ0) is 20.5. The minimum absolute atomic E-state index is 0.0155. The number of nitrogens with one attached hydrogen (secondary N) is 1. The van der Waals surface area contributed by atoms with E-state index in [1.54, 1.807) is 28.9 Å². The summed E-state index contributed by atoms with van der Waals surface area (Å²) in [4.78, 5) is 17.2. The monoisotopic (exact) mass is 434 g/mol. The molecule has 150 valence electrons. The molecule has 1 aliphatic heterocycles. The van der Waals surface area contributed by atoms with Gasteiger partial charge in [-0.3, -0.25) is 4.79 Å². The van der Waals surface area contributed by atoms with E-state index in [0.717, 1.165) is 40.0 Å². The SMILES string of the molecule is CC(=O)Nc1ccc(-c2csc(N3N=C(c4cccs4)C[C@H]3c3ccco3)n2)cc1. The number of anilines is 2. The second kappa shape index (κ2) is 7.89. The van der Waals surface area contributed by atoms with Gasteiger partial charge in [-0.05, 0) is 35.7 Å². The Bertz CT molecular complexity index is 1180. The van der Waals surface area contributed by atoms with E-state index in [-0.39, 0.29) is 11.9 Å². The Morgan fingerprint density at radius 3 is 2.73 bits per heavy atom. The summed E-state index contributed by atoms with van der Waals surface area (Å²) in [6.45, 7) is 1.50. The molecule has 1 amide bonds. The molecule has 4 aromatic rings. The molecule has 1 atom stereocenters. The van der Waals surface area contributed by atoms with Crippen LogP contribution in [0.15, 0.2) is 75.1 Å².